The van der Waals surface area contributed by atoms with Crippen LogP contribution in [0.5, 0.6) is 5.75 Å². The summed E-state index contributed by atoms with van der Waals surface area (Å²) in [5, 5.41) is 9.08. The van der Waals surface area contributed by atoms with Gasteiger partial charge < -0.3 is 15.9 Å². The van der Waals surface area contributed by atoms with Crippen molar-refractivity contribution in [1.29, 1.82) is 5.26 Å². The fourth-order valence-electron chi connectivity index (χ4n) is 2.45. The lowest BCUT2D eigenvalue weighted by Gasteiger charge is -2.10. The number of ether oxygens (including phenoxy) is 1. The molecule has 5 N–H and O–H groups in total. The molecule has 0 amide bonds. The maximum atomic E-state index is 12.9. The molecule has 0 unspecified atom stereocenters. The monoisotopic (exact) mass is 388 g/mol. The SMILES string of the molecule is CCOc1cc(/C=C/c2cccc(C(F)(F)F)c2)cc(/C(N)=C(\C#N)NN)c1. The van der Waals surface area contributed by atoms with Gasteiger partial charge in [0, 0.05) is 5.56 Å². The molecule has 0 atom stereocenters. The molecule has 146 valence electrons. The van der Waals surface area contributed by atoms with Crippen LogP contribution in [-0.2, 0) is 6.18 Å². The third kappa shape index (κ3) is 5.28. The van der Waals surface area contributed by atoms with E-state index in [-0.39, 0.29) is 11.4 Å². The molecule has 0 aliphatic rings. The number of nitrogens with two attached hydrogens (primary N) is 2. The minimum absolute atomic E-state index is 0.0125. The van der Waals surface area contributed by atoms with E-state index in [4.69, 9.17) is 21.6 Å². The Hall–Kier alpha value is -3.44. The molecule has 0 spiro atoms. The number of rotatable bonds is 6. The molecule has 0 fully saturated rings. The molecule has 2 aromatic rings. The second-order valence-corrected chi connectivity index (χ2v) is 5.73. The molecule has 0 bridgehead atoms. The Morgan fingerprint density at radius 1 is 1.18 bits per heavy atom. The Morgan fingerprint density at radius 2 is 1.89 bits per heavy atom. The molecular weight excluding hydrogens is 369 g/mol. The van der Waals surface area contributed by atoms with Crippen molar-refractivity contribution in [2.24, 2.45) is 11.6 Å². The lowest BCUT2D eigenvalue weighted by Crippen LogP contribution is -2.23. The van der Waals surface area contributed by atoms with Gasteiger partial charge in [-0.05, 0) is 48.4 Å². The molecule has 5 nitrogen and oxygen atoms in total. The number of nitriles is 1. The first-order valence-electron chi connectivity index (χ1n) is 8.28. The Morgan fingerprint density at radius 3 is 2.50 bits per heavy atom. The normalized spacial score (nSPS) is 12.4. The van der Waals surface area contributed by atoms with Crippen molar-refractivity contribution in [2.45, 2.75) is 13.1 Å². The quantitative estimate of drug-likeness (QED) is 0.302. The number of nitrogens with one attached hydrogen (secondary N) is 1. The van der Waals surface area contributed by atoms with E-state index in [0.29, 0.717) is 29.0 Å². The number of halogens is 3. The average Bonchev–Trinajstić information content (AvgIpc) is 2.67. The molecule has 2 aromatic carbocycles. The number of benzene rings is 2. The smallest absolute Gasteiger partial charge is 0.416 e. The van der Waals surface area contributed by atoms with Crippen LogP contribution in [0.3, 0.4) is 0 Å². The number of alkyl halides is 3. The first-order valence-corrected chi connectivity index (χ1v) is 8.28. The van der Waals surface area contributed by atoms with Gasteiger partial charge in [-0.2, -0.15) is 18.4 Å². The number of hydrogen-bond acceptors (Lipinski definition) is 5. The zero-order chi connectivity index (χ0) is 20.7. The molecule has 0 saturated heterocycles. The van der Waals surface area contributed by atoms with Crippen LogP contribution in [0.1, 0.15) is 29.2 Å². The lowest BCUT2D eigenvalue weighted by molar-refractivity contribution is -0.137. The molecule has 28 heavy (non-hydrogen) atoms. The predicted molar refractivity (Wildman–Crippen MR) is 102 cm³/mol. The van der Waals surface area contributed by atoms with E-state index in [0.717, 1.165) is 12.1 Å². The summed E-state index contributed by atoms with van der Waals surface area (Å²) in [6.45, 7) is 2.22. The van der Waals surface area contributed by atoms with Crippen LogP contribution in [0.15, 0.2) is 48.2 Å². The summed E-state index contributed by atoms with van der Waals surface area (Å²) in [5.74, 6) is 5.79. The molecule has 0 aliphatic heterocycles. The average molecular weight is 388 g/mol. The van der Waals surface area contributed by atoms with Crippen molar-refractivity contribution in [1.82, 2.24) is 5.43 Å². The van der Waals surface area contributed by atoms with Crippen molar-refractivity contribution in [3.63, 3.8) is 0 Å². The maximum Gasteiger partial charge on any atom is 0.416 e. The first kappa shape index (κ1) is 20.9. The van der Waals surface area contributed by atoms with Gasteiger partial charge in [-0.3, -0.25) is 0 Å². The first-order chi connectivity index (χ1) is 13.3. The third-order valence-corrected chi connectivity index (χ3v) is 3.76. The fourth-order valence-corrected chi connectivity index (χ4v) is 2.45. The Labute approximate surface area is 160 Å². The van der Waals surface area contributed by atoms with Crippen LogP contribution in [0, 0.1) is 11.3 Å². The van der Waals surface area contributed by atoms with Gasteiger partial charge in [-0.25, -0.2) is 5.84 Å². The van der Waals surface area contributed by atoms with Crippen molar-refractivity contribution >= 4 is 17.8 Å². The molecule has 0 aliphatic carbocycles. The van der Waals surface area contributed by atoms with E-state index in [1.54, 1.807) is 36.4 Å². The number of hydrogen-bond donors (Lipinski definition) is 3. The van der Waals surface area contributed by atoms with Crippen molar-refractivity contribution in [3.05, 3.63) is 70.4 Å². The highest BCUT2D eigenvalue weighted by Crippen LogP contribution is 2.30. The van der Waals surface area contributed by atoms with Crippen molar-refractivity contribution < 1.29 is 17.9 Å². The van der Waals surface area contributed by atoms with Gasteiger partial charge in [0.25, 0.3) is 0 Å². The fraction of sp³-hybridized carbons (Fsp3) is 0.150. The van der Waals surface area contributed by atoms with Gasteiger partial charge in [0.1, 0.15) is 11.8 Å². The van der Waals surface area contributed by atoms with Crippen LogP contribution in [-0.4, -0.2) is 6.61 Å². The molecule has 0 aromatic heterocycles. The van der Waals surface area contributed by atoms with Gasteiger partial charge >= 0.3 is 6.18 Å². The molecular formula is C20H19F3N4O. The van der Waals surface area contributed by atoms with Crippen molar-refractivity contribution in [2.75, 3.05) is 6.61 Å². The summed E-state index contributed by atoms with van der Waals surface area (Å²) in [5.41, 5.74) is 9.11. The van der Waals surface area contributed by atoms with E-state index in [1.165, 1.54) is 6.07 Å². The van der Waals surface area contributed by atoms with Crippen LogP contribution >= 0.6 is 0 Å². The van der Waals surface area contributed by atoms with Gasteiger partial charge in [0.05, 0.1) is 17.9 Å². The highest BCUT2D eigenvalue weighted by atomic mass is 19.4. The summed E-state index contributed by atoms with van der Waals surface area (Å²) in [4.78, 5) is 0. The second-order valence-electron chi connectivity index (χ2n) is 5.73. The third-order valence-electron chi connectivity index (χ3n) is 3.76. The highest BCUT2D eigenvalue weighted by Gasteiger charge is 2.30. The standard InChI is InChI=1S/C20H19F3N4O/c1-2-28-17-10-14(8-15(11-17)19(25)18(12-24)27-26)7-6-13-4-3-5-16(9-13)20(21,22)23/h3-11,27H,2,25-26H2,1H3/b7-6+,19-18-. The highest BCUT2D eigenvalue weighted by molar-refractivity contribution is 5.75. The molecule has 8 heteroatoms. The Balaban J connectivity index is 2.44. The minimum Gasteiger partial charge on any atom is -0.494 e. The van der Waals surface area contributed by atoms with Gasteiger partial charge in [0.15, 0.2) is 5.70 Å². The largest absolute Gasteiger partial charge is 0.494 e. The number of allylic oxidation sites excluding steroid dienone is 1. The van der Waals surface area contributed by atoms with E-state index in [9.17, 15) is 13.2 Å². The zero-order valence-corrected chi connectivity index (χ0v) is 15.0. The van der Waals surface area contributed by atoms with Gasteiger partial charge in [0.2, 0.25) is 0 Å². The lowest BCUT2D eigenvalue weighted by atomic mass is 10.0. The summed E-state index contributed by atoms with van der Waals surface area (Å²) >= 11 is 0. The predicted octanol–water partition coefficient (Wildman–Crippen LogP) is 3.89. The molecule has 0 saturated carbocycles. The molecule has 0 radical (unpaired) electrons. The Bertz CT molecular complexity index is 943. The summed E-state index contributed by atoms with van der Waals surface area (Å²) < 4.78 is 44.1. The van der Waals surface area contributed by atoms with E-state index >= 15 is 0 Å². The van der Waals surface area contributed by atoms with Gasteiger partial charge in [-0.15, -0.1) is 0 Å². The van der Waals surface area contributed by atoms with Crippen LogP contribution in [0.2, 0.25) is 0 Å². The maximum absolute atomic E-state index is 12.9. The van der Waals surface area contributed by atoms with Crippen LogP contribution in [0.25, 0.3) is 17.8 Å². The Kier molecular flexibility index (Phi) is 6.69. The summed E-state index contributed by atoms with van der Waals surface area (Å²) in [7, 11) is 0. The van der Waals surface area contributed by atoms with E-state index in [1.807, 2.05) is 13.0 Å². The van der Waals surface area contributed by atoms with Crippen molar-refractivity contribution in [3.8, 4) is 11.8 Å². The van der Waals surface area contributed by atoms with Crippen LogP contribution < -0.4 is 21.7 Å². The number of hydrazine groups is 1. The number of nitrogens with zero attached hydrogens (tertiary/aromatic N) is 1. The molecule has 0 heterocycles. The van der Waals surface area contributed by atoms with Gasteiger partial charge in [-0.1, -0.05) is 24.3 Å². The second kappa shape index (κ2) is 8.97. The molecule has 2 rings (SSSR count). The summed E-state index contributed by atoms with van der Waals surface area (Å²) in [6.07, 6.45) is -1.22. The van der Waals surface area contributed by atoms with E-state index < -0.39 is 11.7 Å². The van der Waals surface area contributed by atoms with Crippen LogP contribution in [0.4, 0.5) is 13.2 Å². The van der Waals surface area contributed by atoms with E-state index in [2.05, 4.69) is 5.43 Å². The topological polar surface area (TPSA) is 97.1 Å². The minimum atomic E-state index is -4.41. The zero-order valence-electron chi connectivity index (χ0n) is 15.0. The summed E-state index contributed by atoms with van der Waals surface area (Å²) in [6, 6.07) is 11.9.